The monoisotopic (exact) mass is 424 g/mol. The zero-order chi connectivity index (χ0) is 21.8. The van der Waals surface area contributed by atoms with Gasteiger partial charge in [0.2, 0.25) is 0 Å². The molecule has 3 heterocycles. The number of aliphatic hydroxyl groups excluding tert-OH is 1. The van der Waals surface area contributed by atoms with Crippen LogP contribution in [0.2, 0.25) is 0 Å². The van der Waals surface area contributed by atoms with Gasteiger partial charge in [0, 0.05) is 18.0 Å². The third-order valence-corrected chi connectivity index (χ3v) is 5.81. The van der Waals surface area contributed by atoms with E-state index in [1.54, 1.807) is 53.7 Å². The first-order valence-corrected chi connectivity index (χ1v) is 10.3. The van der Waals surface area contributed by atoms with E-state index in [2.05, 4.69) is 4.98 Å². The quantitative estimate of drug-likeness (QED) is 0.397. The normalized spacial score (nSPS) is 21.5. The minimum absolute atomic E-state index is 0.0847. The summed E-state index contributed by atoms with van der Waals surface area (Å²) in [6.45, 7) is 4.23. The standard InChI is InChI=1S/C23H25N3O5/c1-30-18-4-2-3-17(15-18)21(27)19-20(16-5-7-24-8-6-16)26(23(29)22(19)28)10-9-25-11-13-31-14-12-25/h2-8,15,20,27H,9-14H2,1H3/p+1/t20-/m1/s1. The molecule has 2 aliphatic heterocycles. The third kappa shape index (κ3) is 4.30. The molecule has 0 radical (unpaired) electrons. The van der Waals surface area contributed by atoms with Crippen LogP contribution < -0.4 is 9.64 Å². The minimum Gasteiger partial charge on any atom is -0.507 e. The van der Waals surface area contributed by atoms with Gasteiger partial charge in [0.15, 0.2) is 0 Å². The predicted molar refractivity (Wildman–Crippen MR) is 113 cm³/mol. The zero-order valence-corrected chi connectivity index (χ0v) is 17.4. The number of aromatic nitrogens is 1. The molecule has 31 heavy (non-hydrogen) atoms. The van der Waals surface area contributed by atoms with Crippen LogP contribution in [0, 0.1) is 0 Å². The lowest BCUT2D eigenvalue weighted by atomic mass is 9.96. The first-order valence-electron chi connectivity index (χ1n) is 10.3. The molecule has 1 amide bonds. The van der Waals surface area contributed by atoms with Crippen molar-refractivity contribution < 1.29 is 29.1 Å². The summed E-state index contributed by atoms with van der Waals surface area (Å²) < 4.78 is 10.6. The molecule has 0 saturated carbocycles. The highest BCUT2D eigenvalue weighted by Crippen LogP contribution is 2.39. The Balaban J connectivity index is 1.72. The van der Waals surface area contributed by atoms with Crippen molar-refractivity contribution in [2.24, 2.45) is 0 Å². The number of nitrogens with zero attached hydrogens (tertiary/aromatic N) is 2. The van der Waals surface area contributed by atoms with E-state index in [0.29, 0.717) is 37.6 Å². The number of methoxy groups -OCH3 is 1. The van der Waals surface area contributed by atoms with Crippen LogP contribution in [0.15, 0.2) is 54.4 Å². The number of aliphatic hydroxyl groups is 1. The van der Waals surface area contributed by atoms with Crippen LogP contribution in [0.1, 0.15) is 17.2 Å². The van der Waals surface area contributed by atoms with Crippen molar-refractivity contribution in [3.63, 3.8) is 0 Å². The molecule has 2 aliphatic rings. The summed E-state index contributed by atoms with van der Waals surface area (Å²) in [5, 5.41) is 11.1. The lowest BCUT2D eigenvalue weighted by molar-refractivity contribution is -0.907. The van der Waals surface area contributed by atoms with Crippen LogP contribution in [-0.4, -0.2) is 73.2 Å². The average molecular weight is 424 g/mol. The van der Waals surface area contributed by atoms with Crippen molar-refractivity contribution in [1.82, 2.24) is 9.88 Å². The molecule has 0 unspecified atom stereocenters. The zero-order valence-electron chi connectivity index (χ0n) is 17.4. The summed E-state index contributed by atoms with van der Waals surface area (Å²) >= 11 is 0. The lowest BCUT2D eigenvalue weighted by Crippen LogP contribution is -3.14. The van der Waals surface area contributed by atoms with Gasteiger partial charge >= 0.3 is 0 Å². The van der Waals surface area contributed by atoms with Gasteiger partial charge in [-0.1, -0.05) is 12.1 Å². The van der Waals surface area contributed by atoms with Crippen LogP contribution in [0.3, 0.4) is 0 Å². The number of Topliss-reactive ketones (excluding diaryl/α,β-unsaturated/α-hetero) is 1. The Labute approximate surface area is 180 Å². The highest BCUT2D eigenvalue weighted by atomic mass is 16.5. The van der Waals surface area contributed by atoms with Gasteiger partial charge in [-0.2, -0.15) is 0 Å². The second-order valence-corrected chi connectivity index (χ2v) is 7.62. The molecule has 2 aromatic rings. The van der Waals surface area contributed by atoms with Crippen molar-refractivity contribution in [3.05, 3.63) is 65.5 Å². The molecular weight excluding hydrogens is 398 g/mol. The molecule has 8 nitrogen and oxygen atoms in total. The topological polar surface area (TPSA) is 93.4 Å². The van der Waals surface area contributed by atoms with Gasteiger partial charge in [-0.3, -0.25) is 14.6 Å². The first kappa shape index (κ1) is 21.0. The number of nitrogens with one attached hydrogen (secondary N) is 1. The lowest BCUT2D eigenvalue weighted by Gasteiger charge is -2.29. The van der Waals surface area contributed by atoms with Crippen LogP contribution in [-0.2, 0) is 14.3 Å². The Bertz CT molecular complexity index is 986. The number of hydrogen-bond donors (Lipinski definition) is 2. The molecule has 4 rings (SSSR count). The smallest absolute Gasteiger partial charge is 0.295 e. The molecule has 0 bridgehead atoms. The summed E-state index contributed by atoms with van der Waals surface area (Å²) in [6, 6.07) is 9.67. The molecule has 1 atom stereocenters. The molecule has 8 heteroatoms. The van der Waals surface area contributed by atoms with Crippen molar-refractivity contribution in [2.75, 3.05) is 46.5 Å². The summed E-state index contributed by atoms with van der Waals surface area (Å²) in [6.07, 6.45) is 3.24. The largest absolute Gasteiger partial charge is 0.507 e. The number of quaternary nitrogens is 1. The number of likely N-dealkylation sites (tertiary alicyclic amines) is 1. The number of morpholine rings is 1. The van der Waals surface area contributed by atoms with Gasteiger partial charge in [-0.05, 0) is 29.8 Å². The summed E-state index contributed by atoms with van der Waals surface area (Å²) in [5.41, 5.74) is 1.24. The van der Waals surface area contributed by atoms with Gasteiger partial charge < -0.3 is 24.4 Å². The Morgan fingerprint density at radius 2 is 1.97 bits per heavy atom. The Hall–Kier alpha value is -3.23. The fourth-order valence-electron chi connectivity index (χ4n) is 4.12. The highest BCUT2D eigenvalue weighted by molar-refractivity contribution is 6.46. The number of hydrogen-bond acceptors (Lipinski definition) is 6. The van der Waals surface area contributed by atoms with E-state index in [1.807, 2.05) is 0 Å². The van der Waals surface area contributed by atoms with E-state index in [4.69, 9.17) is 9.47 Å². The number of pyridine rings is 1. The number of amides is 1. The Morgan fingerprint density at radius 3 is 2.68 bits per heavy atom. The van der Waals surface area contributed by atoms with Gasteiger partial charge in [0.05, 0.1) is 45.0 Å². The van der Waals surface area contributed by atoms with Crippen molar-refractivity contribution in [1.29, 1.82) is 0 Å². The van der Waals surface area contributed by atoms with Crippen molar-refractivity contribution in [2.45, 2.75) is 6.04 Å². The Morgan fingerprint density at radius 1 is 1.23 bits per heavy atom. The second-order valence-electron chi connectivity index (χ2n) is 7.62. The predicted octanol–water partition coefficient (Wildman–Crippen LogP) is 0.427. The number of carbonyl (C=O) groups excluding carboxylic acids is 2. The molecule has 0 aliphatic carbocycles. The number of benzene rings is 1. The fraction of sp³-hybridized carbons (Fsp3) is 0.348. The number of rotatable bonds is 6. The van der Waals surface area contributed by atoms with Crippen molar-refractivity contribution in [3.8, 4) is 5.75 Å². The maximum absolute atomic E-state index is 13.0. The molecule has 162 valence electrons. The first-order chi connectivity index (χ1) is 15.1. The molecular formula is C23H26N3O5+. The van der Waals surface area contributed by atoms with Crippen LogP contribution in [0.5, 0.6) is 5.75 Å². The highest BCUT2D eigenvalue weighted by Gasteiger charge is 2.46. The number of ether oxygens (including phenoxy) is 2. The molecule has 1 aromatic carbocycles. The maximum Gasteiger partial charge on any atom is 0.295 e. The van der Waals surface area contributed by atoms with E-state index in [9.17, 15) is 14.7 Å². The number of carbonyl (C=O) groups is 2. The molecule has 1 aromatic heterocycles. The van der Waals surface area contributed by atoms with Gasteiger partial charge in [-0.25, -0.2) is 0 Å². The van der Waals surface area contributed by atoms with Gasteiger partial charge in [-0.15, -0.1) is 0 Å². The van der Waals surface area contributed by atoms with Crippen molar-refractivity contribution >= 4 is 17.4 Å². The maximum atomic E-state index is 13.0. The summed E-state index contributed by atoms with van der Waals surface area (Å²) in [7, 11) is 1.53. The van der Waals surface area contributed by atoms with E-state index in [-0.39, 0.29) is 11.3 Å². The summed E-state index contributed by atoms with van der Waals surface area (Å²) in [5.74, 6) is -0.937. The van der Waals surface area contributed by atoms with Crippen LogP contribution in [0.4, 0.5) is 0 Å². The average Bonchev–Trinajstić information content (AvgIpc) is 3.08. The van der Waals surface area contributed by atoms with E-state index >= 15 is 0 Å². The third-order valence-electron chi connectivity index (χ3n) is 5.81. The van der Waals surface area contributed by atoms with E-state index in [1.165, 1.54) is 12.0 Å². The van der Waals surface area contributed by atoms with E-state index in [0.717, 1.165) is 18.7 Å². The molecule has 2 N–H and O–H groups in total. The number of ketones is 1. The van der Waals surface area contributed by atoms with Gasteiger partial charge in [0.25, 0.3) is 11.7 Å². The fourth-order valence-corrected chi connectivity index (χ4v) is 4.12. The second kappa shape index (κ2) is 9.28. The molecule has 0 spiro atoms. The molecule has 2 saturated heterocycles. The minimum atomic E-state index is -0.681. The SMILES string of the molecule is COc1cccc(C(O)=C2C(=O)C(=O)N(CC[NH+]3CCOCC3)[C@@H]2c2ccncc2)c1. The molecule has 2 fully saturated rings. The van der Waals surface area contributed by atoms with Crippen LogP contribution in [0.25, 0.3) is 5.76 Å². The van der Waals surface area contributed by atoms with Gasteiger partial charge in [0.1, 0.15) is 24.6 Å². The summed E-state index contributed by atoms with van der Waals surface area (Å²) in [4.78, 5) is 33.0. The van der Waals surface area contributed by atoms with E-state index < -0.39 is 17.7 Å². The Kier molecular flexibility index (Phi) is 6.29. The van der Waals surface area contributed by atoms with Crippen LogP contribution >= 0.6 is 0 Å².